The summed E-state index contributed by atoms with van der Waals surface area (Å²) in [6, 6.07) is 10.9. The van der Waals surface area contributed by atoms with Crippen molar-refractivity contribution in [2.75, 3.05) is 5.32 Å². The fraction of sp³-hybridized carbons (Fsp3) is 0. The molecule has 1 aromatic carbocycles. The average molecular weight is 301 g/mol. The van der Waals surface area contributed by atoms with Gasteiger partial charge in [-0.3, -0.25) is 19.7 Å². The molecule has 1 amide bonds. The van der Waals surface area contributed by atoms with Crippen LogP contribution in [0.25, 0.3) is 21.9 Å². The number of carbonyl (C=O) groups is 1. The van der Waals surface area contributed by atoms with E-state index in [0.717, 1.165) is 5.39 Å². The summed E-state index contributed by atoms with van der Waals surface area (Å²) in [5.41, 5.74) is 2.32. The van der Waals surface area contributed by atoms with E-state index in [0.29, 0.717) is 27.9 Å². The monoisotopic (exact) mass is 301 g/mol. The van der Waals surface area contributed by atoms with Gasteiger partial charge in [-0.1, -0.05) is 12.1 Å². The molecular weight excluding hydrogens is 290 g/mol. The van der Waals surface area contributed by atoms with Gasteiger partial charge in [-0.2, -0.15) is 0 Å². The van der Waals surface area contributed by atoms with Crippen LogP contribution in [0, 0.1) is 0 Å². The molecule has 4 rings (SSSR count). The molecule has 0 bridgehead atoms. The fourth-order valence-corrected chi connectivity index (χ4v) is 2.45. The number of carbonyl (C=O) groups excluding carboxylic acids is 1. The second kappa shape index (κ2) is 5.42. The van der Waals surface area contributed by atoms with Crippen LogP contribution in [0.2, 0.25) is 0 Å². The van der Waals surface area contributed by atoms with Crippen LogP contribution in [0.15, 0.2) is 61.2 Å². The minimum Gasteiger partial charge on any atom is -0.305 e. The molecule has 0 atom stereocenters. The fourth-order valence-electron chi connectivity index (χ4n) is 2.45. The third-order valence-corrected chi connectivity index (χ3v) is 3.50. The number of hydrogen-bond donors (Lipinski definition) is 1. The third kappa shape index (κ3) is 2.36. The van der Waals surface area contributed by atoms with Crippen molar-refractivity contribution < 1.29 is 4.79 Å². The van der Waals surface area contributed by atoms with Crippen molar-refractivity contribution in [2.45, 2.75) is 0 Å². The van der Waals surface area contributed by atoms with Crippen LogP contribution in [0.1, 0.15) is 10.4 Å². The summed E-state index contributed by atoms with van der Waals surface area (Å²) in [6.07, 6.45) is 6.47. The lowest BCUT2D eigenvalue weighted by molar-refractivity contribution is 0.102. The molecule has 0 fully saturated rings. The van der Waals surface area contributed by atoms with Gasteiger partial charge >= 0.3 is 0 Å². The second-order valence-electron chi connectivity index (χ2n) is 4.92. The lowest BCUT2D eigenvalue weighted by atomic mass is 10.1. The minimum absolute atomic E-state index is 0.290. The van der Waals surface area contributed by atoms with Crippen LogP contribution in [-0.4, -0.2) is 25.8 Å². The normalized spacial score (nSPS) is 10.8. The molecule has 23 heavy (non-hydrogen) atoms. The van der Waals surface area contributed by atoms with Crippen LogP contribution in [0.3, 0.4) is 0 Å². The topological polar surface area (TPSA) is 80.7 Å². The van der Waals surface area contributed by atoms with Crippen molar-refractivity contribution in [3.8, 4) is 0 Å². The number of para-hydroxylation sites is 1. The Morgan fingerprint density at radius 1 is 0.783 bits per heavy atom. The maximum absolute atomic E-state index is 12.6. The van der Waals surface area contributed by atoms with Gasteiger partial charge in [0.2, 0.25) is 0 Å². The second-order valence-corrected chi connectivity index (χ2v) is 4.92. The van der Waals surface area contributed by atoms with Crippen molar-refractivity contribution in [3.05, 3.63) is 66.7 Å². The van der Waals surface area contributed by atoms with E-state index in [1.165, 1.54) is 0 Å². The number of hydrogen-bond acceptors (Lipinski definition) is 5. The van der Waals surface area contributed by atoms with E-state index >= 15 is 0 Å². The molecule has 0 aliphatic rings. The first-order valence-electron chi connectivity index (χ1n) is 7.04. The summed E-state index contributed by atoms with van der Waals surface area (Å²) in [7, 11) is 0. The van der Waals surface area contributed by atoms with Crippen LogP contribution in [0.5, 0.6) is 0 Å². The summed E-state index contributed by atoms with van der Waals surface area (Å²) in [4.78, 5) is 29.6. The van der Waals surface area contributed by atoms with Crippen LogP contribution in [0.4, 0.5) is 5.82 Å². The zero-order chi connectivity index (χ0) is 15.6. The Morgan fingerprint density at radius 3 is 2.61 bits per heavy atom. The Bertz CT molecular complexity index is 1020. The molecule has 110 valence electrons. The summed E-state index contributed by atoms with van der Waals surface area (Å²) < 4.78 is 0. The molecule has 6 nitrogen and oxygen atoms in total. The van der Waals surface area contributed by atoms with E-state index in [2.05, 4.69) is 25.3 Å². The van der Waals surface area contributed by atoms with Crippen molar-refractivity contribution in [1.82, 2.24) is 19.9 Å². The first-order valence-corrected chi connectivity index (χ1v) is 7.04. The molecule has 1 N–H and O–H groups in total. The molecule has 0 saturated heterocycles. The van der Waals surface area contributed by atoms with Gasteiger partial charge in [-0.15, -0.1) is 0 Å². The summed E-state index contributed by atoms with van der Waals surface area (Å²) in [6.45, 7) is 0. The highest BCUT2D eigenvalue weighted by molar-refractivity contribution is 6.12. The van der Waals surface area contributed by atoms with Crippen LogP contribution >= 0.6 is 0 Å². The van der Waals surface area contributed by atoms with E-state index in [1.54, 1.807) is 36.9 Å². The van der Waals surface area contributed by atoms with E-state index in [1.807, 2.05) is 24.3 Å². The van der Waals surface area contributed by atoms with Gasteiger partial charge in [0.25, 0.3) is 5.91 Å². The molecule has 0 aliphatic heterocycles. The Morgan fingerprint density at radius 2 is 1.65 bits per heavy atom. The summed E-state index contributed by atoms with van der Waals surface area (Å²) in [5, 5.41) is 3.73. The molecule has 0 unspecified atom stereocenters. The van der Waals surface area contributed by atoms with Gasteiger partial charge in [-0.25, -0.2) is 4.98 Å². The van der Waals surface area contributed by atoms with E-state index < -0.39 is 0 Å². The number of nitrogens with zero attached hydrogens (tertiary/aromatic N) is 4. The van der Waals surface area contributed by atoms with Crippen molar-refractivity contribution in [1.29, 1.82) is 0 Å². The molecule has 3 heterocycles. The highest BCUT2D eigenvalue weighted by atomic mass is 16.1. The van der Waals surface area contributed by atoms with Gasteiger partial charge in [0.1, 0.15) is 11.0 Å². The number of pyridine rings is 2. The zero-order valence-corrected chi connectivity index (χ0v) is 12.0. The van der Waals surface area contributed by atoms with Gasteiger partial charge in [-0.05, 0) is 24.3 Å². The molecule has 4 aromatic rings. The maximum atomic E-state index is 12.6. The highest BCUT2D eigenvalue weighted by Crippen LogP contribution is 2.20. The average Bonchev–Trinajstić information content (AvgIpc) is 2.61. The van der Waals surface area contributed by atoms with Gasteiger partial charge in [0.05, 0.1) is 11.1 Å². The predicted molar refractivity (Wildman–Crippen MR) is 87.0 cm³/mol. The van der Waals surface area contributed by atoms with Crippen molar-refractivity contribution >= 4 is 33.7 Å². The van der Waals surface area contributed by atoms with E-state index in [-0.39, 0.29) is 5.91 Å². The van der Waals surface area contributed by atoms with Crippen molar-refractivity contribution in [2.24, 2.45) is 0 Å². The standard InChI is InChI=1S/C17H11N5O/c23-17(12-4-1-5-13-15(12)20-10-9-18-13)22-16-14-11(6-8-21-16)3-2-7-19-14/h1-10H,(H,21,22,23). The quantitative estimate of drug-likeness (QED) is 0.615. The zero-order valence-electron chi connectivity index (χ0n) is 12.0. The predicted octanol–water partition coefficient (Wildman–Crippen LogP) is 2.83. The number of aromatic nitrogens is 4. The summed E-state index contributed by atoms with van der Waals surface area (Å²) >= 11 is 0. The first kappa shape index (κ1) is 13.3. The van der Waals surface area contributed by atoms with Gasteiger partial charge in [0.15, 0.2) is 5.82 Å². The highest BCUT2D eigenvalue weighted by Gasteiger charge is 2.14. The Labute approximate surface area is 131 Å². The summed E-state index contributed by atoms with van der Waals surface area (Å²) in [5.74, 6) is 0.135. The number of rotatable bonds is 2. The molecule has 0 radical (unpaired) electrons. The number of anilines is 1. The van der Waals surface area contributed by atoms with E-state index in [4.69, 9.17) is 0 Å². The molecular formula is C17H11N5O. The Kier molecular flexibility index (Phi) is 3.12. The minimum atomic E-state index is -0.290. The lowest BCUT2D eigenvalue weighted by Crippen LogP contribution is -2.14. The SMILES string of the molecule is O=C(Nc1nccc2cccnc12)c1cccc2nccnc12. The van der Waals surface area contributed by atoms with Gasteiger partial charge < -0.3 is 5.32 Å². The van der Waals surface area contributed by atoms with Gasteiger partial charge in [0, 0.05) is 30.2 Å². The smallest absolute Gasteiger partial charge is 0.259 e. The number of nitrogens with one attached hydrogen (secondary N) is 1. The first-order chi connectivity index (χ1) is 11.3. The number of amides is 1. The molecule has 0 saturated carbocycles. The maximum Gasteiger partial charge on any atom is 0.259 e. The lowest BCUT2D eigenvalue weighted by Gasteiger charge is -2.08. The largest absolute Gasteiger partial charge is 0.305 e. The van der Waals surface area contributed by atoms with E-state index in [9.17, 15) is 4.79 Å². The molecule has 6 heteroatoms. The van der Waals surface area contributed by atoms with Crippen LogP contribution < -0.4 is 5.32 Å². The Hall–Kier alpha value is -3.41. The molecule has 0 spiro atoms. The molecule has 0 aliphatic carbocycles. The molecule has 3 aromatic heterocycles. The number of fused-ring (bicyclic) bond motifs is 2. The number of benzene rings is 1. The van der Waals surface area contributed by atoms with Crippen LogP contribution in [-0.2, 0) is 0 Å². The Balaban J connectivity index is 1.77. The van der Waals surface area contributed by atoms with Crippen molar-refractivity contribution in [3.63, 3.8) is 0 Å². The third-order valence-electron chi connectivity index (χ3n) is 3.50.